The molecule has 1 heterocycles. The van der Waals surface area contributed by atoms with Crippen LogP contribution in [0.15, 0.2) is 11.2 Å². The molecule has 1 saturated carbocycles. The highest BCUT2D eigenvalue weighted by Crippen LogP contribution is 2.27. The lowest BCUT2D eigenvalue weighted by Gasteiger charge is -2.26. The monoisotopic (exact) mass is 304 g/mol. The largest absolute Gasteiger partial charge is 0.297 e. The summed E-state index contributed by atoms with van der Waals surface area (Å²) < 4.78 is 0. The Morgan fingerprint density at radius 1 is 1.38 bits per heavy atom. The lowest BCUT2D eigenvalue weighted by atomic mass is 9.92. The van der Waals surface area contributed by atoms with E-state index in [1.807, 2.05) is 19.9 Å². The zero-order valence-electron chi connectivity index (χ0n) is 13.1. The highest BCUT2D eigenvalue weighted by Gasteiger charge is 2.34. The van der Waals surface area contributed by atoms with Gasteiger partial charge in [0.05, 0.1) is 6.07 Å². The molecule has 0 amide bonds. The number of nitriles is 1. The molecule has 0 spiro atoms. The van der Waals surface area contributed by atoms with E-state index in [0.717, 1.165) is 41.6 Å². The highest BCUT2D eigenvalue weighted by molar-refractivity contribution is 7.99. The highest BCUT2D eigenvalue weighted by atomic mass is 32.2. The third kappa shape index (κ3) is 4.98. The lowest BCUT2D eigenvalue weighted by molar-refractivity contribution is 0.367. The molecule has 0 saturated heterocycles. The molecule has 21 heavy (non-hydrogen) atoms. The standard InChI is InChI=1S/C16H24N4S/c1-4-16(11-17,20-14-6-7-14)8-5-9-21-15-18-12(2)10-13(3)19-15/h10,14,20H,4-9H2,1-3H3. The molecule has 1 unspecified atom stereocenters. The van der Waals surface area contributed by atoms with E-state index in [1.165, 1.54) is 12.8 Å². The third-order valence-electron chi connectivity index (χ3n) is 3.82. The number of nitrogens with zero attached hydrogens (tertiary/aromatic N) is 3. The van der Waals surface area contributed by atoms with Crippen molar-refractivity contribution in [2.75, 3.05) is 5.75 Å². The molecule has 1 fully saturated rings. The van der Waals surface area contributed by atoms with Crippen molar-refractivity contribution in [2.45, 2.75) is 69.6 Å². The first kappa shape index (κ1) is 16.3. The van der Waals surface area contributed by atoms with Crippen LogP contribution in [-0.4, -0.2) is 27.3 Å². The van der Waals surface area contributed by atoms with Crippen molar-refractivity contribution in [3.05, 3.63) is 17.5 Å². The number of nitrogens with one attached hydrogen (secondary N) is 1. The van der Waals surface area contributed by atoms with Crippen LogP contribution < -0.4 is 5.32 Å². The van der Waals surface area contributed by atoms with Crippen LogP contribution in [0.4, 0.5) is 0 Å². The van der Waals surface area contributed by atoms with Gasteiger partial charge in [0.2, 0.25) is 0 Å². The Kier molecular flexibility index (Phi) is 5.60. The lowest BCUT2D eigenvalue weighted by Crippen LogP contribution is -2.44. The predicted molar refractivity (Wildman–Crippen MR) is 86.3 cm³/mol. The normalized spacial score (nSPS) is 17.2. The quantitative estimate of drug-likeness (QED) is 0.453. The Labute approximate surface area is 131 Å². The Hall–Kier alpha value is -1.12. The van der Waals surface area contributed by atoms with Gasteiger partial charge in [-0.15, -0.1) is 0 Å². The first-order valence-electron chi connectivity index (χ1n) is 7.71. The molecule has 4 nitrogen and oxygen atoms in total. The van der Waals surface area contributed by atoms with E-state index in [4.69, 9.17) is 0 Å². The molecule has 2 rings (SSSR count). The first-order chi connectivity index (χ1) is 10.1. The minimum absolute atomic E-state index is 0.342. The van der Waals surface area contributed by atoms with Crippen LogP contribution in [0.1, 0.15) is 50.4 Å². The fourth-order valence-electron chi connectivity index (χ4n) is 2.43. The van der Waals surface area contributed by atoms with E-state index in [2.05, 4.69) is 28.3 Å². The van der Waals surface area contributed by atoms with E-state index in [1.54, 1.807) is 11.8 Å². The summed E-state index contributed by atoms with van der Waals surface area (Å²) in [5.41, 5.74) is 1.69. The van der Waals surface area contributed by atoms with Crippen LogP contribution in [-0.2, 0) is 0 Å². The molecule has 0 bridgehead atoms. The van der Waals surface area contributed by atoms with Crippen LogP contribution in [0.3, 0.4) is 0 Å². The fraction of sp³-hybridized carbons (Fsp3) is 0.688. The maximum atomic E-state index is 9.50. The number of rotatable bonds is 8. The van der Waals surface area contributed by atoms with Gasteiger partial charge in [0.1, 0.15) is 5.54 Å². The van der Waals surface area contributed by atoms with Crippen molar-refractivity contribution in [1.29, 1.82) is 5.26 Å². The van der Waals surface area contributed by atoms with Gasteiger partial charge in [-0.05, 0) is 52.0 Å². The zero-order chi connectivity index (χ0) is 15.3. The van der Waals surface area contributed by atoms with Crippen LogP contribution in [0.2, 0.25) is 0 Å². The van der Waals surface area contributed by atoms with Crippen LogP contribution >= 0.6 is 11.8 Å². The number of hydrogen-bond acceptors (Lipinski definition) is 5. The molecule has 1 aliphatic rings. The topological polar surface area (TPSA) is 61.6 Å². The molecule has 0 radical (unpaired) electrons. The molecular formula is C16H24N4S. The van der Waals surface area contributed by atoms with Gasteiger partial charge in [-0.25, -0.2) is 9.97 Å². The van der Waals surface area contributed by atoms with Gasteiger partial charge < -0.3 is 0 Å². The van der Waals surface area contributed by atoms with Crippen molar-refractivity contribution in [3.63, 3.8) is 0 Å². The number of hydrogen-bond donors (Lipinski definition) is 1. The number of thioether (sulfide) groups is 1. The van der Waals surface area contributed by atoms with E-state index >= 15 is 0 Å². The van der Waals surface area contributed by atoms with Crippen molar-refractivity contribution in [3.8, 4) is 6.07 Å². The summed E-state index contributed by atoms with van der Waals surface area (Å²) in [5, 5.41) is 13.9. The second-order valence-corrected chi connectivity index (χ2v) is 6.91. The van der Waals surface area contributed by atoms with Crippen LogP contribution in [0.5, 0.6) is 0 Å². The maximum Gasteiger partial charge on any atom is 0.187 e. The van der Waals surface area contributed by atoms with Crippen molar-refractivity contribution in [2.24, 2.45) is 0 Å². The summed E-state index contributed by atoms with van der Waals surface area (Å²) in [4.78, 5) is 8.88. The first-order valence-corrected chi connectivity index (χ1v) is 8.69. The van der Waals surface area contributed by atoms with Crippen molar-refractivity contribution < 1.29 is 0 Å². The molecule has 114 valence electrons. The third-order valence-corrected chi connectivity index (χ3v) is 4.75. The summed E-state index contributed by atoms with van der Waals surface area (Å²) in [6, 6.07) is 5.06. The maximum absolute atomic E-state index is 9.50. The second kappa shape index (κ2) is 7.24. The molecule has 5 heteroatoms. The van der Waals surface area contributed by atoms with Gasteiger partial charge in [-0.1, -0.05) is 18.7 Å². The Bertz CT molecular complexity index is 501. The molecule has 1 atom stereocenters. The predicted octanol–water partition coefficient (Wildman–Crippen LogP) is 3.39. The minimum atomic E-state index is -0.342. The zero-order valence-corrected chi connectivity index (χ0v) is 14.0. The van der Waals surface area contributed by atoms with Gasteiger partial charge in [-0.3, -0.25) is 5.32 Å². The Morgan fingerprint density at radius 3 is 2.57 bits per heavy atom. The number of aromatic nitrogens is 2. The summed E-state index contributed by atoms with van der Waals surface area (Å²) in [6.07, 6.45) is 5.20. The molecule has 0 aliphatic heterocycles. The average molecular weight is 304 g/mol. The Balaban J connectivity index is 1.80. The van der Waals surface area contributed by atoms with Gasteiger partial charge in [0.15, 0.2) is 5.16 Å². The fourth-order valence-corrected chi connectivity index (χ4v) is 3.32. The molecule has 1 aromatic heterocycles. The van der Waals surface area contributed by atoms with Crippen molar-refractivity contribution in [1.82, 2.24) is 15.3 Å². The second-order valence-electron chi connectivity index (χ2n) is 5.85. The smallest absolute Gasteiger partial charge is 0.187 e. The SMILES string of the molecule is CCC(C#N)(CCCSc1nc(C)cc(C)n1)NC1CC1. The molecule has 1 N–H and O–H groups in total. The van der Waals surface area contributed by atoms with E-state index < -0.39 is 0 Å². The van der Waals surface area contributed by atoms with Gasteiger partial charge in [0.25, 0.3) is 0 Å². The van der Waals surface area contributed by atoms with Crippen LogP contribution in [0, 0.1) is 25.2 Å². The summed E-state index contributed by atoms with van der Waals surface area (Å²) >= 11 is 1.69. The van der Waals surface area contributed by atoms with E-state index in [0.29, 0.717) is 6.04 Å². The summed E-state index contributed by atoms with van der Waals surface area (Å²) in [6.45, 7) is 6.09. The van der Waals surface area contributed by atoms with Gasteiger partial charge in [0, 0.05) is 23.2 Å². The molecule has 0 aromatic carbocycles. The van der Waals surface area contributed by atoms with E-state index in [-0.39, 0.29) is 5.54 Å². The molecule has 1 aromatic rings. The Morgan fingerprint density at radius 2 is 2.05 bits per heavy atom. The summed E-state index contributed by atoms with van der Waals surface area (Å²) in [7, 11) is 0. The summed E-state index contributed by atoms with van der Waals surface area (Å²) in [5.74, 6) is 0.957. The number of aryl methyl sites for hydroxylation is 2. The average Bonchev–Trinajstić information content (AvgIpc) is 3.25. The van der Waals surface area contributed by atoms with Gasteiger partial charge in [-0.2, -0.15) is 5.26 Å². The molecule has 1 aliphatic carbocycles. The van der Waals surface area contributed by atoms with Crippen molar-refractivity contribution >= 4 is 11.8 Å². The minimum Gasteiger partial charge on any atom is -0.297 e. The van der Waals surface area contributed by atoms with Gasteiger partial charge >= 0.3 is 0 Å². The van der Waals surface area contributed by atoms with E-state index in [9.17, 15) is 5.26 Å². The molecular weight excluding hydrogens is 280 g/mol. The van der Waals surface area contributed by atoms with Crippen LogP contribution in [0.25, 0.3) is 0 Å².